The van der Waals surface area contributed by atoms with Crippen LogP contribution in [0, 0.1) is 23.7 Å². The van der Waals surface area contributed by atoms with E-state index in [-0.39, 0.29) is 54.9 Å². The molecule has 44 heavy (non-hydrogen) atoms. The molecule has 5 rings (SSSR count). The van der Waals surface area contributed by atoms with Crippen molar-refractivity contribution in [3.63, 3.8) is 0 Å². The van der Waals surface area contributed by atoms with E-state index in [0.717, 1.165) is 4.90 Å². The zero-order valence-corrected chi connectivity index (χ0v) is 26.1. The number of aliphatic carboxylic acids is 1. The van der Waals surface area contributed by atoms with Crippen molar-refractivity contribution in [3.8, 4) is 17.2 Å². The lowest BCUT2D eigenvalue weighted by Crippen LogP contribution is -2.60. The van der Waals surface area contributed by atoms with Gasteiger partial charge in [-0.1, -0.05) is 30.2 Å². The summed E-state index contributed by atoms with van der Waals surface area (Å²) in [7, 11) is 4.11. The van der Waals surface area contributed by atoms with Gasteiger partial charge in [-0.25, -0.2) is 0 Å². The van der Waals surface area contributed by atoms with Gasteiger partial charge in [0.25, 0.3) is 11.8 Å². The Bertz CT molecular complexity index is 1470. The van der Waals surface area contributed by atoms with Crippen LogP contribution in [0.1, 0.15) is 44.1 Å². The van der Waals surface area contributed by atoms with E-state index in [9.17, 15) is 29.1 Å². The third-order valence-corrected chi connectivity index (χ3v) is 10.8. The highest BCUT2D eigenvalue weighted by Gasteiger charge is 2.75. The Morgan fingerprint density at radius 3 is 2.30 bits per heavy atom. The molecule has 236 valence electrons. The summed E-state index contributed by atoms with van der Waals surface area (Å²) >= 11 is 14.3. The van der Waals surface area contributed by atoms with Crippen LogP contribution in [0.5, 0.6) is 17.2 Å². The number of likely N-dealkylation sites (tertiary alicyclic amines) is 2. The molecule has 0 bridgehead atoms. The van der Waals surface area contributed by atoms with Crippen LogP contribution < -0.4 is 9.47 Å². The molecule has 0 aromatic heterocycles. The number of phenols is 1. The Hall–Kier alpha value is -3.57. The molecular formula is C31H34Cl2N2O9. The largest absolute Gasteiger partial charge is 0.502 e. The lowest BCUT2D eigenvalue weighted by Gasteiger charge is -2.49. The third kappa shape index (κ3) is 4.75. The van der Waals surface area contributed by atoms with E-state index in [4.69, 9.17) is 37.8 Å². The van der Waals surface area contributed by atoms with Gasteiger partial charge < -0.3 is 19.7 Å². The first-order valence-corrected chi connectivity index (χ1v) is 15.2. The third-order valence-electron chi connectivity index (χ3n) is 9.42. The van der Waals surface area contributed by atoms with Gasteiger partial charge in [-0.05, 0) is 49.3 Å². The summed E-state index contributed by atoms with van der Waals surface area (Å²) < 4.78 is 10.5. The summed E-state index contributed by atoms with van der Waals surface area (Å²) in [6.07, 6.45) is 6.80. The minimum atomic E-state index is -1.90. The van der Waals surface area contributed by atoms with Crippen LogP contribution in [0.15, 0.2) is 29.9 Å². The molecule has 2 aliphatic carbocycles. The number of unbranched alkanes of at least 4 members (excludes halogenated alkanes) is 2. The number of aromatic hydroxyl groups is 1. The fourth-order valence-corrected chi connectivity index (χ4v) is 8.19. The number of halogens is 2. The summed E-state index contributed by atoms with van der Waals surface area (Å²) in [5.41, 5.74) is 1.20. The Morgan fingerprint density at radius 1 is 1.02 bits per heavy atom. The Balaban J connectivity index is 1.51. The fourth-order valence-electron chi connectivity index (χ4n) is 7.22. The summed E-state index contributed by atoms with van der Waals surface area (Å²) in [4.78, 5) is 63.6. The molecule has 0 spiro atoms. The number of alkyl halides is 2. The number of carbonyl (C=O) groups is 5. The van der Waals surface area contributed by atoms with Crippen molar-refractivity contribution in [3.05, 3.63) is 35.4 Å². The number of hydrogen-bond donors (Lipinski definition) is 2. The minimum absolute atomic E-state index is 0.0142. The molecule has 4 aliphatic rings. The molecule has 13 heteroatoms. The van der Waals surface area contributed by atoms with Gasteiger partial charge in [-0.2, -0.15) is 0 Å². The number of methoxy groups -OCH3 is 2. The number of amides is 4. The number of imide groups is 2. The van der Waals surface area contributed by atoms with E-state index in [1.165, 1.54) is 26.2 Å². The van der Waals surface area contributed by atoms with Gasteiger partial charge in [-0.3, -0.25) is 33.8 Å². The summed E-state index contributed by atoms with van der Waals surface area (Å²) in [6.45, 7) is 0.172. The molecule has 1 saturated carbocycles. The standard InChI is InChI=1S/C31H34Cl2N2O9/c1-34-28(41)30(32)15-19-17(9-10-18-24(19)27(40)35(26(18)39)12-6-4-5-7-23(36)37)20(31(30,33)29(34)42)11-8-16-13-21(43-2)25(38)22(14-16)44-3/h8-9,11,13-14,18-20,24,38H,4-7,10,12,15H2,1-3H3,(H,36,37). The number of carbonyl (C=O) groups excluding carboxylic acids is 4. The molecule has 11 nitrogen and oxygen atoms in total. The van der Waals surface area contributed by atoms with Crippen LogP contribution >= 0.6 is 23.2 Å². The summed E-state index contributed by atoms with van der Waals surface area (Å²) in [5.74, 6) is -5.74. The van der Waals surface area contributed by atoms with Crippen molar-refractivity contribution in [1.29, 1.82) is 0 Å². The van der Waals surface area contributed by atoms with Gasteiger partial charge in [0.2, 0.25) is 17.6 Å². The number of rotatable bonds is 10. The number of hydrogen-bond acceptors (Lipinski definition) is 8. The van der Waals surface area contributed by atoms with Crippen LogP contribution in [-0.2, 0) is 24.0 Å². The topological polar surface area (TPSA) is 151 Å². The molecule has 2 aliphatic heterocycles. The maximum Gasteiger partial charge on any atom is 0.303 e. The number of phenolic OH excluding ortho intramolecular Hbond substituents is 1. The molecule has 1 aromatic rings. The lowest BCUT2D eigenvalue weighted by atomic mass is 9.57. The van der Waals surface area contributed by atoms with Crippen molar-refractivity contribution in [2.75, 3.05) is 27.8 Å². The second kappa shape index (κ2) is 11.7. The summed E-state index contributed by atoms with van der Waals surface area (Å²) in [6, 6.07) is 3.13. The quantitative estimate of drug-likeness (QED) is 0.168. The zero-order chi connectivity index (χ0) is 32.1. The van der Waals surface area contributed by atoms with E-state index in [1.54, 1.807) is 24.3 Å². The minimum Gasteiger partial charge on any atom is -0.502 e. The molecule has 6 unspecified atom stereocenters. The normalized spacial score (nSPS) is 31.2. The second-order valence-corrected chi connectivity index (χ2v) is 12.9. The molecule has 1 aromatic carbocycles. The van der Waals surface area contributed by atoms with Crippen LogP contribution in [0.3, 0.4) is 0 Å². The predicted molar refractivity (Wildman–Crippen MR) is 159 cm³/mol. The number of nitrogens with zero attached hydrogens (tertiary/aromatic N) is 2. The first kappa shape index (κ1) is 31.8. The number of allylic oxidation sites excluding steroid dienone is 3. The first-order chi connectivity index (χ1) is 20.8. The predicted octanol–water partition coefficient (Wildman–Crippen LogP) is 3.59. The van der Waals surface area contributed by atoms with Crippen LogP contribution in [0.25, 0.3) is 6.08 Å². The van der Waals surface area contributed by atoms with Gasteiger partial charge in [0, 0.05) is 25.9 Å². The second-order valence-electron chi connectivity index (χ2n) is 11.7. The van der Waals surface area contributed by atoms with Crippen molar-refractivity contribution < 1.29 is 43.7 Å². The SMILES string of the molecule is COc1cc(C=CC2C3=CCC4C(=O)N(CCCCCC(=O)O)C(=O)C4C3CC3(Cl)C(=O)N(C)C(=O)C23Cl)cc(OC)c1O. The van der Waals surface area contributed by atoms with Crippen molar-refractivity contribution in [2.45, 2.75) is 48.3 Å². The van der Waals surface area contributed by atoms with E-state index < -0.39 is 51.2 Å². The highest BCUT2D eigenvalue weighted by molar-refractivity contribution is 6.53. The van der Waals surface area contributed by atoms with E-state index in [2.05, 4.69) is 0 Å². The smallest absolute Gasteiger partial charge is 0.303 e. The number of ether oxygens (including phenoxy) is 2. The van der Waals surface area contributed by atoms with Crippen molar-refractivity contribution in [2.24, 2.45) is 23.7 Å². The van der Waals surface area contributed by atoms with Crippen LogP contribution in [-0.4, -0.2) is 87.2 Å². The van der Waals surface area contributed by atoms with Gasteiger partial charge in [0.15, 0.2) is 21.2 Å². The lowest BCUT2D eigenvalue weighted by molar-refractivity contribution is -0.141. The van der Waals surface area contributed by atoms with Crippen LogP contribution in [0.2, 0.25) is 0 Å². The van der Waals surface area contributed by atoms with Crippen molar-refractivity contribution >= 4 is 58.9 Å². The number of carboxylic acids is 1. The van der Waals surface area contributed by atoms with E-state index >= 15 is 0 Å². The molecule has 6 atom stereocenters. The van der Waals surface area contributed by atoms with E-state index in [1.807, 2.05) is 6.08 Å². The van der Waals surface area contributed by atoms with Crippen LogP contribution in [0.4, 0.5) is 0 Å². The van der Waals surface area contributed by atoms with E-state index in [0.29, 0.717) is 30.4 Å². The van der Waals surface area contributed by atoms with Gasteiger partial charge in [-0.15, -0.1) is 23.2 Å². The highest BCUT2D eigenvalue weighted by atomic mass is 35.5. The van der Waals surface area contributed by atoms with Gasteiger partial charge in [0.1, 0.15) is 0 Å². The average molecular weight is 650 g/mol. The fraction of sp³-hybridized carbons (Fsp3) is 0.516. The Labute approximate surface area is 264 Å². The molecular weight excluding hydrogens is 615 g/mol. The molecule has 4 amide bonds. The molecule has 2 N–H and O–H groups in total. The van der Waals surface area contributed by atoms with Crippen molar-refractivity contribution in [1.82, 2.24) is 9.80 Å². The van der Waals surface area contributed by atoms with Gasteiger partial charge >= 0.3 is 5.97 Å². The number of fused-ring (bicyclic) bond motifs is 4. The zero-order valence-electron chi connectivity index (χ0n) is 24.5. The first-order valence-electron chi connectivity index (χ1n) is 14.4. The summed E-state index contributed by atoms with van der Waals surface area (Å²) in [5, 5.41) is 19.2. The average Bonchev–Trinajstić information content (AvgIpc) is 3.31. The molecule has 3 fully saturated rings. The maximum atomic E-state index is 13.8. The maximum absolute atomic E-state index is 13.8. The number of carboxylic acid groups (broad SMARTS) is 1. The molecule has 2 saturated heterocycles. The Kier molecular flexibility index (Phi) is 8.50. The number of benzene rings is 1. The molecule has 0 radical (unpaired) electrons. The Morgan fingerprint density at radius 2 is 1.68 bits per heavy atom. The monoisotopic (exact) mass is 648 g/mol. The van der Waals surface area contributed by atoms with Gasteiger partial charge in [0.05, 0.1) is 26.1 Å². The molecule has 2 heterocycles. The highest BCUT2D eigenvalue weighted by Crippen LogP contribution is 2.63.